The lowest BCUT2D eigenvalue weighted by atomic mass is 9.53. The van der Waals surface area contributed by atoms with Crippen molar-refractivity contribution < 1.29 is 8.42 Å². The third-order valence-corrected chi connectivity index (χ3v) is 11.0. The smallest absolute Gasteiger partial charge is 0.259 e. The lowest BCUT2D eigenvalue weighted by Gasteiger charge is -2.57. The number of benzene rings is 2. The summed E-state index contributed by atoms with van der Waals surface area (Å²) < 4.78 is 30.1. The second-order valence-electron chi connectivity index (χ2n) is 11.4. The molecule has 3 aromatic rings. The van der Waals surface area contributed by atoms with Gasteiger partial charge in [-0.05, 0) is 86.6 Å². The molecule has 0 radical (unpaired) electrons. The summed E-state index contributed by atoms with van der Waals surface area (Å²) in [6, 6.07) is 12.5. The van der Waals surface area contributed by atoms with Crippen molar-refractivity contribution in [2.24, 2.45) is 17.8 Å². The molecule has 4 aliphatic carbocycles. The van der Waals surface area contributed by atoms with Crippen LogP contribution in [0.3, 0.4) is 0 Å². The predicted molar refractivity (Wildman–Crippen MR) is 153 cm³/mol. The second-order valence-corrected chi connectivity index (χ2v) is 14.5. The van der Waals surface area contributed by atoms with Crippen LogP contribution in [-0.2, 0) is 10.0 Å². The van der Waals surface area contributed by atoms with E-state index in [9.17, 15) is 8.42 Å². The minimum atomic E-state index is -3.76. The molecule has 4 fully saturated rings. The van der Waals surface area contributed by atoms with Crippen molar-refractivity contribution in [1.29, 1.82) is 0 Å². The Morgan fingerprint density at radius 2 is 1.53 bits per heavy atom. The molecule has 5 aliphatic rings. The van der Waals surface area contributed by atoms with Gasteiger partial charge in [0, 0.05) is 28.2 Å². The van der Waals surface area contributed by atoms with Crippen LogP contribution in [0, 0.1) is 17.8 Å². The van der Waals surface area contributed by atoms with Crippen LogP contribution >= 0.6 is 34.8 Å². The highest BCUT2D eigenvalue weighted by atomic mass is 35.5. The first-order valence-electron chi connectivity index (χ1n) is 12.9. The van der Waals surface area contributed by atoms with Gasteiger partial charge in [-0.2, -0.15) is 5.10 Å². The maximum Gasteiger partial charge on any atom is 0.259 e. The van der Waals surface area contributed by atoms with Gasteiger partial charge in [0.2, 0.25) is 0 Å². The molecule has 2 heterocycles. The van der Waals surface area contributed by atoms with E-state index in [1.807, 2.05) is 12.1 Å². The zero-order chi connectivity index (χ0) is 26.4. The monoisotopic (exact) mass is 588 g/mol. The van der Waals surface area contributed by atoms with Crippen molar-refractivity contribution in [1.82, 2.24) is 15.1 Å². The van der Waals surface area contributed by atoms with Crippen LogP contribution in [-0.4, -0.2) is 30.8 Å². The third-order valence-electron chi connectivity index (χ3n) is 8.77. The number of hydrogen-bond donors (Lipinski definition) is 1. The zero-order valence-electron chi connectivity index (χ0n) is 20.8. The average molecular weight is 590 g/mol. The van der Waals surface area contributed by atoms with Gasteiger partial charge < -0.3 is 5.32 Å². The van der Waals surface area contributed by atoms with E-state index in [0.717, 1.165) is 24.8 Å². The molecule has 2 aromatic carbocycles. The molecule has 4 saturated carbocycles. The molecular formula is C28H27Cl3N4O2S. The van der Waals surface area contributed by atoms with Crippen LogP contribution in [0.4, 0.5) is 5.69 Å². The first kappa shape index (κ1) is 24.8. The van der Waals surface area contributed by atoms with E-state index in [-0.39, 0.29) is 5.54 Å². The summed E-state index contributed by atoms with van der Waals surface area (Å²) in [6.07, 6.45) is 7.14. The average Bonchev–Trinajstić information content (AvgIpc) is 3.22. The van der Waals surface area contributed by atoms with Gasteiger partial charge in [0.15, 0.2) is 0 Å². The van der Waals surface area contributed by atoms with Crippen LogP contribution < -0.4 is 9.62 Å². The van der Waals surface area contributed by atoms with Gasteiger partial charge in [0.05, 0.1) is 27.5 Å². The Bertz CT molecular complexity index is 1560. The summed E-state index contributed by atoms with van der Waals surface area (Å²) in [5.74, 6) is 2.14. The highest BCUT2D eigenvalue weighted by molar-refractivity contribution is 7.95. The van der Waals surface area contributed by atoms with Gasteiger partial charge in [0.1, 0.15) is 11.4 Å². The number of halogens is 3. The molecule has 0 amide bonds. The van der Waals surface area contributed by atoms with Crippen molar-refractivity contribution in [3.8, 4) is 16.9 Å². The standard InChI is InChI=1S/C28H27Cl3N4O2S/c1-34-27-25(23(15-38(34,36)37)32-28-12-16-8-17(13-28)10-18(9-16)14-28)33-35(24-7-6-21(30)11-22(24)31)26(27)19-2-4-20(29)5-3-19/h2-7,11,15-18,32H,8-10,12-14H2,1H3. The quantitative estimate of drug-likeness (QED) is 0.351. The minimum absolute atomic E-state index is 0.0918. The van der Waals surface area contributed by atoms with E-state index in [1.54, 1.807) is 42.1 Å². The molecule has 0 atom stereocenters. The number of nitrogens with zero attached hydrogens (tertiary/aromatic N) is 3. The SMILES string of the molecule is CN1c2c(nn(-c3ccc(Cl)cc3Cl)c2-c2ccc(Cl)cc2)C(NC23CC4CC(CC(C4)C2)C3)=CS1(=O)=O. The first-order valence-corrected chi connectivity index (χ1v) is 15.6. The van der Waals surface area contributed by atoms with E-state index in [2.05, 4.69) is 5.32 Å². The fourth-order valence-corrected chi connectivity index (χ4v) is 9.30. The Balaban J connectivity index is 1.43. The molecule has 10 heteroatoms. The lowest BCUT2D eigenvalue weighted by molar-refractivity contribution is -0.0114. The summed E-state index contributed by atoms with van der Waals surface area (Å²) in [4.78, 5) is 0. The molecule has 1 aromatic heterocycles. The molecule has 1 aliphatic heterocycles. The summed E-state index contributed by atoms with van der Waals surface area (Å²) >= 11 is 19.1. The Hall–Kier alpha value is -2.19. The number of anilines is 1. The predicted octanol–water partition coefficient (Wildman–Crippen LogP) is 7.14. The van der Waals surface area contributed by atoms with Gasteiger partial charge in [0.25, 0.3) is 10.0 Å². The number of hydrogen-bond acceptors (Lipinski definition) is 4. The zero-order valence-corrected chi connectivity index (χ0v) is 23.9. The Morgan fingerprint density at radius 1 is 0.921 bits per heavy atom. The van der Waals surface area contributed by atoms with Gasteiger partial charge in [-0.15, -0.1) is 0 Å². The van der Waals surface area contributed by atoms with Crippen molar-refractivity contribution in [3.05, 3.63) is 68.6 Å². The Labute approximate surface area is 237 Å². The number of nitrogens with one attached hydrogen (secondary N) is 1. The van der Waals surface area contributed by atoms with E-state index < -0.39 is 10.0 Å². The first-order chi connectivity index (χ1) is 18.1. The molecule has 8 rings (SSSR count). The Kier molecular flexibility index (Phi) is 5.65. The summed E-state index contributed by atoms with van der Waals surface area (Å²) in [5, 5.41) is 11.7. The molecular weight excluding hydrogens is 563 g/mol. The largest absolute Gasteiger partial charge is 0.377 e. The summed E-state index contributed by atoms with van der Waals surface area (Å²) in [6.45, 7) is 0. The highest BCUT2D eigenvalue weighted by Crippen LogP contribution is 2.56. The second kappa shape index (κ2) is 8.65. The van der Waals surface area contributed by atoms with Crippen molar-refractivity contribution in [2.45, 2.75) is 44.1 Å². The van der Waals surface area contributed by atoms with Crippen LogP contribution in [0.5, 0.6) is 0 Å². The molecule has 0 saturated heterocycles. The molecule has 6 nitrogen and oxygen atoms in total. The van der Waals surface area contributed by atoms with Crippen LogP contribution in [0.2, 0.25) is 15.1 Å². The topological polar surface area (TPSA) is 67.2 Å². The van der Waals surface area contributed by atoms with Gasteiger partial charge in [-0.25, -0.2) is 13.1 Å². The number of rotatable bonds is 4. The van der Waals surface area contributed by atoms with E-state index >= 15 is 0 Å². The van der Waals surface area contributed by atoms with Gasteiger partial charge in [-0.3, -0.25) is 4.31 Å². The molecule has 4 bridgehead atoms. The maximum atomic E-state index is 13.5. The van der Waals surface area contributed by atoms with Crippen molar-refractivity contribution in [3.63, 3.8) is 0 Å². The molecule has 38 heavy (non-hydrogen) atoms. The number of fused-ring (bicyclic) bond motifs is 1. The molecule has 198 valence electrons. The van der Waals surface area contributed by atoms with Crippen molar-refractivity contribution in [2.75, 3.05) is 11.4 Å². The van der Waals surface area contributed by atoms with Crippen LogP contribution in [0.1, 0.15) is 44.2 Å². The Morgan fingerprint density at radius 3 is 2.13 bits per heavy atom. The minimum Gasteiger partial charge on any atom is -0.377 e. The fourth-order valence-electron chi connectivity index (χ4n) is 7.63. The molecule has 0 spiro atoms. The number of sulfonamides is 1. The third kappa shape index (κ3) is 3.96. The molecule has 0 unspecified atom stereocenters. The number of aromatic nitrogens is 2. The van der Waals surface area contributed by atoms with Crippen LogP contribution in [0.15, 0.2) is 47.9 Å². The van der Waals surface area contributed by atoms with E-state index in [0.29, 0.717) is 61.3 Å². The maximum absolute atomic E-state index is 13.5. The van der Waals surface area contributed by atoms with Crippen LogP contribution in [0.25, 0.3) is 22.6 Å². The lowest BCUT2D eigenvalue weighted by Crippen LogP contribution is -2.58. The summed E-state index contributed by atoms with van der Waals surface area (Å²) in [7, 11) is -2.19. The van der Waals surface area contributed by atoms with Gasteiger partial charge >= 0.3 is 0 Å². The van der Waals surface area contributed by atoms with E-state index in [4.69, 9.17) is 39.9 Å². The van der Waals surface area contributed by atoms with E-state index in [1.165, 1.54) is 29.0 Å². The normalized spacial score (nSPS) is 28.8. The van der Waals surface area contributed by atoms with Gasteiger partial charge in [-0.1, -0.05) is 46.9 Å². The highest BCUT2D eigenvalue weighted by Gasteiger charge is 2.52. The fraction of sp³-hybridized carbons (Fsp3) is 0.393. The molecule has 1 N–H and O–H groups in total. The van der Waals surface area contributed by atoms with Crippen molar-refractivity contribution >= 4 is 56.2 Å². The summed E-state index contributed by atoms with van der Waals surface area (Å²) in [5.41, 5.74) is 3.56.